The van der Waals surface area contributed by atoms with E-state index in [1.807, 2.05) is 24.3 Å². The second-order valence-electron chi connectivity index (χ2n) is 13.0. The number of carbonyl (C=O) groups is 1. The number of amides is 1. The highest BCUT2D eigenvalue weighted by Gasteiger charge is 2.45. The monoisotopic (exact) mass is 737 g/mol. The molecule has 0 N–H and O–H groups in total. The summed E-state index contributed by atoms with van der Waals surface area (Å²) in [5.41, 5.74) is 1.44. The molecule has 0 aliphatic carbocycles. The topological polar surface area (TPSA) is 152 Å². The van der Waals surface area contributed by atoms with E-state index in [0.29, 0.717) is 34.4 Å². The van der Waals surface area contributed by atoms with E-state index in [-0.39, 0.29) is 40.9 Å². The first-order valence-corrected chi connectivity index (χ1v) is 18.2. The molecule has 16 heteroatoms. The lowest BCUT2D eigenvalue weighted by Crippen LogP contribution is -2.49. The summed E-state index contributed by atoms with van der Waals surface area (Å²) in [5, 5.41) is 11.8. The maximum atomic E-state index is 14.2. The Morgan fingerprint density at radius 3 is 2.25 bits per heavy atom. The number of hydrogen-bond acceptors (Lipinski definition) is 13. The van der Waals surface area contributed by atoms with Crippen molar-refractivity contribution in [1.29, 1.82) is 0 Å². The van der Waals surface area contributed by atoms with Gasteiger partial charge in [-0.25, -0.2) is 0 Å². The number of carbonyl (C=O) groups excluding carboxylic acids is 1. The smallest absolute Gasteiger partial charge is 0.330 e. The molecule has 274 valence electrons. The molecule has 2 saturated heterocycles. The number of ether oxygens (including phenoxy) is 2. The second-order valence-corrected chi connectivity index (χ2v) is 14.2. The third-order valence-electron chi connectivity index (χ3n) is 9.40. The SMILES string of the molecule is CCN1CCN(CC2SC(c3ccccc3[N+](=O)[O-])N(c3ccc(Oc4nc(Oc5cc(=O)n(C)c6ccccc56)nc(N(C)C)n4)cc3)C2=O)CC1. The zero-order valence-electron chi connectivity index (χ0n) is 29.8. The number of likely N-dealkylation sites (N-methyl/N-ethyl adjacent to an activating group) is 1. The van der Waals surface area contributed by atoms with Gasteiger partial charge in [0.25, 0.3) is 11.2 Å². The van der Waals surface area contributed by atoms with Crippen LogP contribution in [0.4, 0.5) is 17.3 Å². The van der Waals surface area contributed by atoms with Crippen molar-refractivity contribution < 1.29 is 19.2 Å². The first-order valence-electron chi connectivity index (χ1n) is 17.2. The van der Waals surface area contributed by atoms with E-state index in [9.17, 15) is 19.7 Å². The number of aryl methyl sites for hydroxylation is 1. The van der Waals surface area contributed by atoms with Crippen LogP contribution >= 0.6 is 11.8 Å². The minimum atomic E-state index is -0.602. The number of nitro groups is 1. The van der Waals surface area contributed by atoms with Crippen molar-refractivity contribution in [3.63, 3.8) is 0 Å². The number of para-hydroxylation sites is 2. The molecular formula is C37H39N9O6S. The van der Waals surface area contributed by atoms with Gasteiger partial charge in [-0.2, -0.15) is 9.97 Å². The van der Waals surface area contributed by atoms with E-state index >= 15 is 0 Å². The van der Waals surface area contributed by atoms with Gasteiger partial charge < -0.3 is 23.8 Å². The van der Waals surface area contributed by atoms with E-state index in [4.69, 9.17) is 9.47 Å². The fraction of sp³-hybridized carbons (Fsp3) is 0.324. The molecule has 15 nitrogen and oxygen atoms in total. The van der Waals surface area contributed by atoms with Crippen LogP contribution in [-0.4, -0.2) is 98.8 Å². The van der Waals surface area contributed by atoms with Crippen molar-refractivity contribution in [3.8, 4) is 23.5 Å². The Labute approximate surface area is 309 Å². The Bertz CT molecular complexity index is 2210. The van der Waals surface area contributed by atoms with Crippen LogP contribution in [0.5, 0.6) is 23.5 Å². The lowest BCUT2D eigenvalue weighted by Gasteiger charge is -2.34. The maximum Gasteiger partial charge on any atom is 0.330 e. The molecule has 2 aromatic heterocycles. The summed E-state index contributed by atoms with van der Waals surface area (Å²) >= 11 is 1.44. The van der Waals surface area contributed by atoms with Crippen LogP contribution < -0.4 is 24.8 Å². The molecule has 0 spiro atoms. The van der Waals surface area contributed by atoms with Crippen LogP contribution in [0.2, 0.25) is 0 Å². The minimum Gasteiger partial charge on any atom is -0.424 e. The number of piperazine rings is 1. The highest BCUT2D eigenvalue weighted by molar-refractivity contribution is 8.01. The third-order valence-corrected chi connectivity index (χ3v) is 10.8. The van der Waals surface area contributed by atoms with Crippen LogP contribution in [-0.2, 0) is 11.8 Å². The predicted molar refractivity (Wildman–Crippen MR) is 203 cm³/mol. The molecule has 0 radical (unpaired) electrons. The summed E-state index contributed by atoms with van der Waals surface area (Å²) in [5.74, 6) is 0.825. The number of rotatable bonds is 11. The van der Waals surface area contributed by atoms with E-state index < -0.39 is 15.5 Å². The van der Waals surface area contributed by atoms with Crippen LogP contribution in [0.15, 0.2) is 83.7 Å². The third kappa shape index (κ3) is 7.51. The van der Waals surface area contributed by atoms with Crippen molar-refractivity contribution >= 4 is 45.9 Å². The van der Waals surface area contributed by atoms with Crippen molar-refractivity contribution in [2.45, 2.75) is 17.5 Å². The van der Waals surface area contributed by atoms with Crippen LogP contribution in [0.1, 0.15) is 17.9 Å². The van der Waals surface area contributed by atoms with Crippen LogP contribution in [0.25, 0.3) is 10.9 Å². The summed E-state index contributed by atoms with van der Waals surface area (Å²) in [6, 6.07) is 22.1. The van der Waals surface area contributed by atoms with Crippen molar-refractivity contribution in [2.75, 3.05) is 63.2 Å². The van der Waals surface area contributed by atoms with Crippen molar-refractivity contribution in [2.24, 2.45) is 7.05 Å². The molecule has 2 aliphatic heterocycles. The Morgan fingerprint density at radius 2 is 1.55 bits per heavy atom. The highest BCUT2D eigenvalue weighted by Crippen LogP contribution is 2.48. The van der Waals surface area contributed by atoms with Gasteiger partial charge >= 0.3 is 12.0 Å². The van der Waals surface area contributed by atoms with Gasteiger partial charge in [-0.1, -0.05) is 31.2 Å². The molecule has 0 saturated carbocycles. The Kier molecular flexibility index (Phi) is 10.3. The fourth-order valence-corrected chi connectivity index (χ4v) is 8.02. The number of anilines is 2. The van der Waals surface area contributed by atoms with Gasteiger partial charge in [0.2, 0.25) is 11.9 Å². The average molecular weight is 738 g/mol. The molecule has 2 unspecified atom stereocenters. The number of benzene rings is 3. The number of aromatic nitrogens is 4. The molecule has 5 aromatic rings. The van der Waals surface area contributed by atoms with Crippen molar-refractivity contribution in [3.05, 3.63) is 105 Å². The van der Waals surface area contributed by atoms with E-state index in [1.54, 1.807) is 73.4 Å². The standard InChI is InChI=1S/C37H39N9O6S/c1-5-43-18-20-44(21-19-43)23-31-33(48)45(34(53-31)27-11-7-9-13-29(27)46(49)50)24-14-16-25(17-15-24)51-36-38-35(41(2)3)39-37(40-36)52-30-22-32(47)42(4)28-12-8-6-10-26(28)30/h6-17,22,31,34H,5,18-21,23H2,1-4H3. The van der Waals surface area contributed by atoms with Gasteiger partial charge in [-0.3, -0.25) is 29.5 Å². The number of fused-ring (bicyclic) bond motifs is 1. The number of thioether (sulfide) groups is 1. The summed E-state index contributed by atoms with van der Waals surface area (Å²) in [7, 11) is 5.22. The van der Waals surface area contributed by atoms with Crippen LogP contribution in [0.3, 0.4) is 0 Å². The first-order chi connectivity index (χ1) is 25.6. The lowest BCUT2D eigenvalue weighted by molar-refractivity contribution is -0.385. The molecule has 0 bridgehead atoms. The number of pyridine rings is 1. The largest absolute Gasteiger partial charge is 0.424 e. The van der Waals surface area contributed by atoms with Gasteiger partial charge in [-0.05, 0) is 49.0 Å². The maximum absolute atomic E-state index is 14.2. The number of nitro benzene ring substituents is 1. The summed E-state index contributed by atoms with van der Waals surface area (Å²) in [6.07, 6.45) is 0. The molecule has 7 rings (SSSR count). The zero-order valence-corrected chi connectivity index (χ0v) is 30.6. The number of hydrogen-bond donors (Lipinski definition) is 0. The summed E-state index contributed by atoms with van der Waals surface area (Å²) in [6.45, 7) is 7.29. The zero-order chi connectivity index (χ0) is 37.2. The van der Waals surface area contributed by atoms with Crippen LogP contribution in [0, 0.1) is 10.1 Å². The molecule has 2 fully saturated rings. The normalized spacial score (nSPS) is 18.0. The van der Waals surface area contributed by atoms with E-state index in [0.717, 1.165) is 32.7 Å². The molecule has 2 aliphatic rings. The quantitative estimate of drug-likeness (QED) is 0.131. The minimum absolute atomic E-state index is 0.0339. The average Bonchev–Trinajstić information content (AvgIpc) is 3.49. The Morgan fingerprint density at radius 1 is 0.887 bits per heavy atom. The molecule has 3 aromatic carbocycles. The van der Waals surface area contributed by atoms with Gasteiger partial charge in [0.1, 0.15) is 16.9 Å². The molecule has 1 amide bonds. The Hall–Kier alpha value is -5.58. The molecular weight excluding hydrogens is 699 g/mol. The highest BCUT2D eigenvalue weighted by atomic mass is 32.2. The van der Waals surface area contributed by atoms with Gasteiger partial charge in [0.15, 0.2) is 0 Å². The van der Waals surface area contributed by atoms with Gasteiger partial charge in [0, 0.05) is 77.1 Å². The van der Waals surface area contributed by atoms with E-state index in [2.05, 4.69) is 31.7 Å². The lowest BCUT2D eigenvalue weighted by atomic mass is 10.1. The van der Waals surface area contributed by atoms with Gasteiger partial charge in [0.05, 0.1) is 21.3 Å². The summed E-state index contributed by atoms with van der Waals surface area (Å²) < 4.78 is 13.7. The molecule has 2 atom stereocenters. The Balaban J connectivity index is 1.16. The first kappa shape index (κ1) is 35.8. The summed E-state index contributed by atoms with van der Waals surface area (Å²) in [4.78, 5) is 59.7. The predicted octanol–water partition coefficient (Wildman–Crippen LogP) is 5.07. The van der Waals surface area contributed by atoms with E-state index in [1.165, 1.54) is 28.5 Å². The second kappa shape index (κ2) is 15.2. The molecule has 4 heterocycles. The van der Waals surface area contributed by atoms with Crippen molar-refractivity contribution in [1.82, 2.24) is 29.3 Å². The molecule has 53 heavy (non-hydrogen) atoms. The van der Waals surface area contributed by atoms with Gasteiger partial charge in [-0.15, -0.1) is 16.7 Å². The fourth-order valence-electron chi connectivity index (χ4n) is 6.49. The number of nitrogens with zero attached hydrogens (tertiary/aromatic N) is 9.